The van der Waals surface area contributed by atoms with Crippen LogP contribution in [0.5, 0.6) is 5.75 Å². The SMILES string of the molecule is COc1ccc(C)cc1N[C@@H]1c2ncccc2C(=O)N1c1ccccc1. The molecule has 1 N–H and O–H groups in total. The minimum absolute atomic E-state index is 0.0663. The minimum Gasteiger partial charge on any atom is -0.495 e. The summed E-state index contributed by atoms with van der Waals surface area (Å²) in [6, 6.07) is 19.1. The Morgan fingerprint density at radius 3 is 2.65 bits per heavy atom. The predicted octanol–water partition coefficient (Wildman–Crippen LogP) is 4.17. The lowest BCUT2D eigenvalue weighted by molar-refractivity contribution is 0.0993. The van der Waals surface area contributed by atoms with E-state index in [-0.39, 0.29) is 5.91 Å². The molecule has 2 aromatic carbocycles. The molecule has 3 aromatic rings. The number of anilines is 2. The first-order valence-corrected chi connectivity index (χ1v) is 8.44. The summed E-state index contributed by atoms with van der Waals surface area (Å²) >= 11 is 0. The van der Waals surface area contributed by atoms with Crippen molar-refractivity contribution in [2.75, 3.05) is 17.3 Å². The summed E-state index contributed by atoms with van der Waals surface area (Å²) in [7, 11) is 1.64. The number of pyridine rings is 1. The van der Waals surface area contributed by atoms with Gasteiger partial charge in [-0.2, -0.15) is 0 Å². The van der Waals surface area contributed by atoms with Crippen LogP contribution in [-0.4, -0.2) is 18.0 Å². The normalized spacial score (nSPS) is 15.7. The van der Waals surface area contributed by atoms with Crippen LogP contribution in [0.25, 0.3) is 0 Å². The molecule has 1 aromatic heterocycles. The van der Waals surface area contributed by atoms with Crippen molar-refractivity contribution in [3.63, 3.8) is 0 Å². The van der Waals surface area contributed by atoms with Crippen LogP contribution in [0.3, 0.4) is 0 Å². The number of aromatic nitrogens is 1. The monoisotopic (exact) mass is 345 g/mol. The highest BCUT2D eigenvalue weighted by Crippen LogP contribution is 2.38. The minimum atomic E-state index is -0.406. The number of nitrogens with one attached hydrogen (secondary N) is 1. The molecule has 1 amide bonds. The van der Waals surface area contributed by atoms with Crippen molar-refractivity contribution in [3.05, 3.63) is 83.7 Å². The first kappa shape index (κ1) is 16.1. The molecule has 0 saturated heterocycles. The Morgan fingerprint density at radius 1 is 1.08 bits per heavy atom. The molecule has 1 aliphatic rings. The number of ether oxygens (including phenoxy) is 1. The van der Waals surface area contributed by atoms with E-state index in [1.54, 1.807) is 24.3 Å². The molecular weight excluding hydrogens is 326 g/mol. The van der Waals surface area contributed by atoms with E-state index in [2.05, 4.69) is 10.3 Å². The summed E-state index contributed by atoms with van der Waals surface area (Å²) in [6.07, 6.45) is 1.31. The van der Waals surface area contributed by atoms with E-state index in [0.29, 0.717) is 11.3 Å². The van der Waals surface area contributed by atoms with Gasteiger partial charge < -0.3 is 10.1 Å². The molecule has 0 fully saturated rings. The van der Waals surface area contributed by atoms with Gasteiger partial charge >= 0.3 is 0 Å². The molecule has 5 heteroatoms. The van der Waals surface area contributed by atoms with Crippen LogP contribution >= 0.6 is 0 Å². The first-order chi connectivity index (χ1) is 12.7. The quantitative estimate of drug-likeness (QED) is 0.771. The fourth-order valence-electron chi connectivity index (χ4n) is 3.26. The third kappa shape index (κ3) is 2.67. The summed E-state index contributed by atoms with van der Waals surface area (Å²) in [6.45, 7) is 2.02. The van der Waals surface area contributed by atoms with Crippen LogP contribution in [0.15, 0.2) is 66.9 Å². The van der Waals surface area contributed by atoms with Crippen LogP contribution in [0.2, 0.25) is 0 Å². The van der Waals surface area contributed by atoms with E-state index < -0.39 is 6.17 Å². The summed E-state index contributed by atoms with van der Waals surface area (Å²) in [5.74, 6) is 0.656. The Morgan fingerprint density at radius 2 is 1.88 bits per heavy atom. The molecular formula is C21H19N3O2. The maximum atomic E-state index is 13.0. The zero-order valence-electron chi connectivity index (χ0n) is 14.6. The zero-order chi connectivity index (χ0) is 18.1. The second kappa shape index (κ2) is 6.52. The van der Waals surface area contributed by atoms with Crippen molar-refractivity contribution in [2.45, 2.75) is 13.1 Å². The molecule has 4 rings (SSSR count). The van der Waals surface area contributed by atoms with E-state index in [4.69, 9.17) is 4.74 Å². The number of fused-ring (bicyclic) bond motifs is 1. The Balaban J connectivity index is 1.81. The van der Waals surface area contributed by atoms with Crippen LogP contribution in [0.1, 0.15) is 27.8 Å². The number of methoxy groups -OCH3 is 1. The van der Waals surface area contributed by atoms with E-state index in [9.17, 15) is 4.79 Å². The average molecular weight is 345 g/mol. The lowest BCUT2D eigenvalue weighted by atomic mass is 10.1. The number of rotatable bonds is 4. The topological polar surface area (TPSA) is 54.5 Å². The predicted molar refractivity (Wildman–Crippen MR) is 102 cm³/mol. The van der Waals surface area contributed by atoms with Crippen LogP contribution < -0.4 is 15.0 Å². The second-order valence-corrected chi connectivity index (χ2v) is 6.20. The molecule has 0 bridgehead atoms. The van der Waals surface area contributed by atoms with Gasteiger partial charge in [-0.05, 0) is 48.9 Å². The summed E-state index contributed by atoms with van der Waals surface area (Å²) in [5, 5.41) is 3.45. The first-order valence-electron chi connectivity index (χ1n) is 8.44. The lowest BCUT2D eigenvalue weighted by Gasteiger charge is -2.27. The summed E-state index contributed by atoms with van der Waals surface area (Å²) < 4.78 is 5.48. The molecule has 0 aliphatic carbocycles. The molecule has 1 aliphatic heterocycles. The highest BCUT2D eigenvalue weighted by Gasteiger charge is 2.39. The van der Waals surface area contributed by atoms with Gasteiger partial charge in [0.15, 0.2) is 6.17 Å². The van der Waals surface area contributed by atoms with E-state index in [1.165, 1.54) is 0 Å². The van der Waals surface area contributed by atoms with Gasteiger partial charge in [0.05, 0.1) is 24.1 Å². The third-order valence-corrected chi connectivity index (χ3v) is 4.49. The number of carbonyl (C=O) groups is 1. The molecule has 0 saturated carbocycles. The fourth-order valence-corrected chi connectivity index (χ4v) is 3.26. The smallest absolute Gasteiger partial charge is 0.262 e. The average Bonchev–Trinajstić information content (AvgIpc) is 2.95. The maximum absolute atomic E-state index is 13.0. The van der Waals surface area contributed by atoms with Crippen molar-refractivity contribution in [1.29, 1.82) is 0 Å². The van der Waals surface area contributed by atoms with Gasteiger partial charge in [-0.3, -0.25) is 14.7 Å². The number of para-hydroxylation sites is 1. The number of nitrogens with zero attached hydrogens (tertiary/aromatic N) is 2. The van der Waals surface area contributed by atoms with Crippen molar-refractivity contribution in [2.24, 2.45) is 0 Å². The van der Waals surface area contributed by atoms with E-state index in [1.807, 2.05) is 61.5 Å². The lowest BCUT2D eigenvalue weighted by Crippen LogP contribution is -2.32. The van der Waals surface area contributed by atoms with Crippen molar-refractivity contribution in [3.8, 4) is 5.75 Å². The van der Waals surface area contributed by atoms with Gasteiger partial charge in [-0.1, -0.05) is 24.3 Å². The molecule has 1 atom stereocenters. The molecule has 5 nitrogen and oxygen atoms in total. The molecule has 130 valence electrons. The molecule has 0 spiro atoms. The zero-order valence-corrected chi connectivity index (χ0v) is 14.6. The summed E-state index contributed by atoms with van der Waals surface area (Å²) in [5.41, 5.74) is 4.07. The molecule has 26 heavy (non-hydrogen) atoms. The Labute approximate surface area is 152 Å². The van der Waals surface area contributed by atoms with E-state index >= 15 is 0 Å². The van der Waals surface area contributed by atoms with E-state index in [0.717, 1.165) is 22.7 Å². The number of benzene rings is 2. The van der Waals surface area contributed by atoms with Gasteiger partial charge in [0.2, 0.25) is 0 Å². The number of amides is 1. The van der Waals surface area contributed by atoms with Crippen LogP contribution in [0, 0.1) is 6.92 Å². The van der Waals surface area contributed by atoms with Gasteiger partial charge in [-0.25, -0.2) is 0 Å². The van der Waals surface area contributed by atoms with Gasteiger partial charge in [0.1, 0.15) is 5.75 Å². The largest absolute Gasteiger partial charge is 0.495 e. The highest BCUT2D eigenvalue weighted by atomic mass is 16.5. The number of carbonyl (C=O) groups excluding carboxylic acids is 1. The van der Waals surface area contributed by atoms with Crippen molar-refractivity contribution in [1.82, 2.24) is 4.98 Å². The Hall–Kier alpha value is -3.34. The Bertz CT molecular complexity index is 956. The highest BCUT2D eigenvalue weighted by molar-refractivity contribution is 6.11. The fraction of sp³-hybridized carbons (Fsp3) is 0.143. The number of hydrogen-bond acceptors (Lipinski definition) is 4. The molecule has 0 unspecified atom stereocenters. The van der Waals surface area contributed by atoms with Crippen LogP contribution in [-0.2, 0) is 0 Å². The Kier molecular flexibility index (Phi) is 4.05. The molecule has 0 radical (unpaired) electrons. The van der Waals surface area contributed by atoms with Gasteiger partial charge in [0.25, 0.3) is 5.91 Å². The van der Waals surface area contributed by atoms with Crippen molar-refractivity contribution < 1.29 is 9.53 Å². The van der Waals surface area contributed by atoms with Gasteiger partial charge in [0, 0.05) is 11.9 Å². The van der Waals surface area contributed by atoms with Crippen molar-refractivity contribution >= 4 is 17.3 Å². The number of hydrogen-bond donors (Lipinski definition) is 1. The van der Waals surface area contributed by atoms with Crippen LogP contribution in [0.4, 0.5) is 11.4 Å². The van der Waals surface area contributed by atoms with Gasteiger partial charge in [-0.15, -0.1) is 0 Å². The third-order valence-electron chi connectivity index (χ3n) is 4.49. The second-order valence-electron chi connectivity index (χ2n) is 6.20. The number of aryl methyl sites for hydroxylation is 1. The maximum Gasteiger partial charge on any atom is 0.262 e. The standard InChI is InChI=1S/C21H19N3O2/c1-14-10-11-18(26-2)17(13-14)23-20-19-16(9-6-12-22-19)21(25)24(20)15-7-4-3-5-8-15/h3-13,20,23H,1-2H3/t20-/m0/s1. The summed E-state index contributed by atoms with van der Waals surface area (Å²) in [4.78, 5) is 19.2. The molecule has 2 heterocycles.